The third-order valence-electron chi connectivity index (χ3n) is 6.24. The number of imidazole rings is 1. The van der Waals surface area contributed by atoms with Crippen LogP contribution in [0.25, 0.3) is 22.3 Å². The molecule has 1 saturated heterocycles. The third kappa shape index (κ3) is 4.03. The minimum absolute atomic E-state index is 0.460. The maximum absolute atomic E-state index is 5.27. The van der Waals surface area contributed by atoms with E-state index < -0.39 is 0 Å². The van der Waals surface area contributed by atoms with E-state index in [1.54, 1.807) is 13.3 Å². The molecule has 5 rings (SSSR count). The molecule has 3 aromatic heterocycles. The summed E-state index contributed by atoms with van der Waals surface area (Å²) in [5.74, 6) is 1.37. The first-order valence-electron chi connectivity index (χ1n) is 10.8. The van der Waals surface area contributed by atoms with E-state index in [0.29, 0.717) is 5.92 Å². The molecule has 0 unspecified atom stereocenters. The quantitative estimate of drug-likeness (QED) is 0.485. The number of aromatic nitrogens is 4. The van der Waals surface area contributed by atoms with Crippen LogP contribution in [0.5, 0.6) is 5.75 Å². The van der Waals surface area contributed by atoms with Gasteiger partial charge in [-0.25, -0.2) is 4.98 Å². The lowest BCUT2D eigenvalue weighted by Gasteiger charge is -2.32. The van der Waals surface area contributed by atoms with Gasteiger partial charge in [-0.3, -0.25) is 14.9 Å². The van der Waals surface area contributed by atoms with Crippen LogP contribution >= 0.6 is 0 Å². The molecule has 6 heteroatoms. The molecule has 1 fully saturated rings. The van der Waals surface area contributed by atoms with Gasteiger partial charge in [-0.15, -0.1) is 0 Å². The number of pyridine rings is 2. The first-order valence-corrected chi connectivity index (χ1v) is 10.8. The smallest absolute Gasteiger partial charge is 0.118 e. The van der Waals surface area contributed by atoms with Gasteiger partial charge >= 0.3 is 0 Å². The summed E-state index contributed by atoms with van der Waals surface area (Å²) < 4.78 is 7.35. The Balaban J connectivity index is 1.35. The van der Waals surface area contributed by atoms with E-state index in [9.17, 15) is 0 Å². The van der Waals surface area contributed by atoms with Gasteiger partial charge in [0.05, 0.1) is 24.6 Å². The first-order chi connectivity index (χ1) is 15.2. The number of aryl methyl sites for hydroxylation is 1. The third-order valence-corrected chi connectivity index (χ3v) is 6.24. The Morgan fingerprint density at radius 1 is 1.10 bits per heavy atom. The van der Waals surface area contributed by atoms with E-state index >= 15 is 0 Å². The lowest BCUT2D eigenvalue weighted by molar-refractivity contribution is 0.203. The van der Waals surface area contributed by atoms with Gasteiger partial charge in [0.1, 0.15) is 11.3 Å². The Morgan fingerprint density at radius 3 is 2.61 bits per heavy atom. The van der Waals surface area contributed by atoms with E-state index in [2.05, 4.69) is 43.7 Å². The van der Waals surface area contributed by atoms with E-state index in [1.165, 1.54) is 11.3 Å². The van der Waals surface area contributed by atoms with Crippen molar-refractivity contribution in [3.63, 3.8) is 0 Å². The van der Waals surface area contributed by atoms with E-state index in [-0.39, 0.29) is 0 Å². The normalized spacial score (nSPS) is 15.4. The number of hydrogen-bond acceptors (Lipinski definition) is 5. The molecule has 4 aromatic rings. The zero-order valence-corrected chi connectivity index (χ0v) is 18.0. The van der Waals surface area contributed by atoms with E-state index in [4.69, 9.17) is 9.72 Å². The molecular weight excluding hydrogens is 386 g/mol. The summed E-state index contributed by atoms with van der Waals surface area (Å²) in [5.41, 5.74) is 6.51. The highest BCUT2D eigenvalue weighted by molar-refractivity contribution is 5.89. The Kier molecular flexibility index (Phi) is 5.38. The highest BCUT2D eigenvalue weighted by Gasteiger charge is 2.24. The molecule has 4 heterocycles. The number of hydrogen-bond donors (Lipinski definition) is 0. The monoisotopic (exact) mass is 413 g/mol. The van der Waals surface area contributed by atoms with Crippen molar-refractivity contribution in [2.75, 3.05) is 20.2 Å². The molecule has 31 heavy (non-hydrogen) atoms. The van der Waals surface area contributed by atoms with Crippen LogP contribution in [0.3, 0.4) is 0 Å². The van der Waals surface area contributed by atoms with Gasteiger partial charge in [0, 0.05) is 43.2 Å². The number of ether oxygens (including phenoxy) is 1. The fourth-order valence-corrected chi connectivity index (χ4v) is 4.44. The molecule has 0 N–H and O–H groups in total. The van der Waals surface area contributed by atoms with Crippen molar-refractivity contribution in [2.45, 2.75) is 25.3 Å². The van der Waals surface area contributed by atoms with Crippen LogP contribution < -0.4 is 4.74 Å². The van der Waals surface area contributed by atoms with Crippen molar-refractivity contribution in [3.8, 4) is 17.0 Å². The average Bonchev–Trinajstić information content (AvgIpc) is 3.21. The topological polar surface area (TPSA) is 56.1 Å². The fraction of sp³-hybridized carbons (Fsp3) is 0.320. The van der Waals surface area contributed by atoms with Gasteiger partial charge in [0.25, 0.3) is 0 Å². The maximum atomic E-state index is 5.27. The Labute approximate surface area is 182 Å². The molecule has 0 spiro atoms. The van der Waals surface area contributed by atoms with Crippen LogP contribution in [0.4, 0.5) is 0 Å². The highest BCUT2D eigenvalue weighted by Crippen LogP contribution is 2.33. The van der Waals surface area contributed by atoms with Crippen molar-refractivity contribution in [1.82, 2.24) is 24.4 Å². The van der Waals surface area contributed by atoms with Crippen LogP contribution in [-0.4, -0.2) is 44.6 Å². The summed E-state index contributed by atoms with van der Waals surface area (Å²) in [7, 11) is 3.75. The predicted molar refractivity (Wildman–Crippen MR) is 122 cm³/mol. The molecule has 0 amide bonds. The van der Waals surface area contributed by atoms with E-state index in [0.717, 1.165) is 60.5 Å². The minimum atomic E-state index is 0.460. The molecule has 0 bridgehead atoms. The van der Waals surface area contributed by atoms with Crippen molar-refractivity contribution >= 4 is 11.0 Å². The number of rotatable bonds is 5. The number of methoxy groups -OCH3 is 1. The molecule has 158 valence electrons. The van der Waals surface area contributed by atoms with Gasteiger partial charge in [-0.1, -0.05) is 12.1 Å². The Morgan fingerprint density at radius 2 is 1.90 bits per heavy atom. The zero-order chi connectivity index (χ0) is 21.2. The largest absolute Gasteiger partial charge is 0.497 e. The van der Waals surface area contributed by atoms with Crippen LogP contribution in [-0.2, 0) is 13.6 Å². The Bertz CT molecular complexity index is 1160. The summed E-state index contributed by atoms with van der Waals surface area (Å²) in [4.78, 5) is 16.5. The highest BCUT2D eigenvalue weighted by atomic mass is 16.5. The molecule has 0 saturated carbocycles. The summed E-state index contributed by atoms with van der Waals surface area (Å²) in [6.07, 6.45) is 7.75. The van der Waals surface area contributed by atoms with Crippen LogP contribution in [0.15, 0.2) is 61.2 Å². The second-order valence-electron chi connectivity index (χ2n) is 8.26. The number of piperidine rings is 1. The van der Waals surface area contributed by atoms with Gasteiger partial charge in [-0.05, 0) is 61.8 Å². The standard InChI is InChI=1S/C25H27N5O/c1-29-17-27-25-23(29)14-22(28-24(25)20-4-3-11-26-15-20)19-9-12-30(13-10-19)16-18-5-7-21(31-2)8-6-18/h3-8,11,14-15,17,19H,9-10,12-13,16H2,1-2H3. The molecule has 1 aromatic carbocycles. The minimum Gasteiger partial charge on any atom is -0.497 e. The zero-order valence-electron chi connectivity index (χ0n) is 18.0. The second kappa shape index (κ2) is 8.47. The van der Waals surface area contributed by atoms with Crippen molar-refractivity contribution in [2.24, 2.45) is 7.05 Å². The number of likely N-dealkylation sites (tertiary alicyclic amines) is 1. The molecule has 0 aliphatic carbocycles. The molecule has 6 nitrogen and oxygen atoms in total. The average molecular weight is 414 g/mol. The number of benzene rings is 1. The molecule has 1 aliphatic rings. The van der Waals surface area contributed by atoms with Crippen molar-refractivity contribution in [1.29, 1.82) is 0 Å². The van der Waals surface area contributed by atoms with Crippen molar-refractivity contribution in [3.05, 3.63) is 72.4 Å². The van der Waals surface area contributed by atoms with Crippen LogP contribution in [0.2, 0.25) is 0 Å². The van der Waals surface area contributed by atoms with Gasteiger partial charge in [-0.2, -0.15) is 0 Å². The fourth-order valence-electron chi connectivity index (χ4n) is 4.44. The van der Waals surface area contributed by atoms with E-state index in [1.807, 2.05) is 37.8 Å². The Hall–Kier alpha value is -3.25. The second-order valence-corrected chi connectivity index (χ2v) is 8.26. The predicted octanol–water partition coefficient (Wildman–Crippen LogP) is 4.42. The van der Waals surface area contributed by atoms with Gasteiger partial charge < -0.3 is 9.30 Å². The van der Waals surface area contributed by atoms with Crippen LogP contribution in [0, 0.1) is 0 Å². The van der Waals surface area contributed by atoms with Gasteiger partial charge in [0.2, 0.25) is 0 Å². The number of fused-ring (bicyclic) bond motifs is 1. The molecule has 1 aliphatic heterocycles. The van der Waals surface area contributed by atoms with Crippen LogP contribution in [0.1, 0.15) is 30.0 Å². The summed E-state index contributed by atoms with van der Waals surface area (Å²) >= 11 is 0. The summed E-state index contributed by atoms with van der Waals surface area (Å²) in [5, 5.41) is 0. The number of nitrogens with zero attached hydrogens (tertiary/aromatic N) is 5. The summed E-state index contributed by atoms with van der Waals surface area (Å²) in [6.45, 7) is 3.12. The van der Waals surface area contributed by atoms with Crippen molar-refractivity contribution < 1.29 is 4.74 Å². The molecule has 0 atom stereocenters. The SMILES string of the molecule is COc1ccc(CN2CCC(c3cc4c(ncn4C)c(-c4cccnc4)n3)CC2)cc1. The molecule has 0 radical (unpaired) electrons. The summed E-state index contributed by atoms with van der Waals surface area (Å²) in [6, 6.07) is 14.6. The maximum Gasteiger partial charge on any atom is 0.118 e. The van der Waals surface area contributed by atoms with Gasteiger partial charge in [0.15, 0.2) is 0 Å². The first kappa shape index (κ1) is 19.7. The lowest BCUT2D eigenvalue weighted by Crippen LogP contribution is -2.32. The molecular formula is C25H27N5O. The lowest BCUT2D eigenvalue weighted by atomic mass is 9.92.